The summed E-state index contributed by atoms with van der Waals surface area (Å²) in [6.07, 6.45) is 2.52. The van der Waals surface area contributed by atoms with Gasteiger partial charge in [-0.25, -0.2) is 13.2 Å². The number of Topliss-reactive ketones (excluding diaryl/α,β-unsaturated/α-hetero) is 1. The Morgan fingerprint density at radius 2 is 1.52 bits per heavy atom. The standard InChI is InChI=1S/C33H57N5O7S/c1-18(2)15-33(11,17-46(44,45)31(6,7)8)37-29(43)36-25(30(3,4)5)28(42)38-16-20-22(32(20,9)10)23(38)27(41)35-21(14-19-12-13-19)24(39)26(34)40/h18-23,25H,12-17H2,1-11H3,(H2,34,40)(H,35,41)(H2,36,37,43)/t20-,21?,22-,23-,25+,33-/m0/s1. The van der Waals surface area contributed by atoms with Crippen molar-refractivity contribution >= 4 is 39.4 Å². The highest BCUT2D eigenvalue weighted by Crippen LogP contribution is 2.65. The Morgan fingerprint density at radius 3 is 1.98 bits per heavy atom. The van der Waals surface area contributed by atoms with E-state index >= 15 is 0 Å². The first-order valence-electron chi connectivity index (χ1n) is 16.5. The van der Waals surface area contributed by atoms with Crippen molar-refractivity contribution in [1.82, 2.24) is 20.9 Å². The van der Waals surface area contributed by atoms with Gasteiger partial charge >= 0.3 is 6.03 Å². The lowest BCUT2D eigenvalue weighted by molar-refractivity contribution is -0.145. The summed E-state index contributed by atoms with van der Waals surface area (Å²) in [7, 11) is -3.60. The summed E-state index contributed by atoms with van der Waals surface area (Å²) >= 11 is 0. The van der Waals surface area contributed by atoms with Gasteiger partial charge in [-0.3, -0.25) is 19.2 Å². The molecule has 0 aromatic rings. The number of piperidine rings is 1. The maximum atomic E-state index is 14.3. The Morgan fingerprint density at radius 1 is 0.957 bits per heavy atom. The molecule has 2 aliphatic carbocycles. The molecule has 0 spiro atoms. The van der Waals surface area contributed by atoms with Gasteiger partial charge in [0.1, 0.15) is 12.1 Å². The molecule has 0 aromatic carbocycles. The zero-order chi connectivity index (χ0) is 35.4. The molecule has 0 radical (unpaired) electrons. The van der Waals surface area contributed by atoms with Crippen LogP contribution in [-0.4, -0.2) is 83.6 Å². The zero-order valence-electron chi connectivity index (χ0n) is 29.6. The normalized spacial score (nSPS) is 25.1. The number of rotatable bonds is 13. The molecule has 3 rings (SSSR count). The molecule has 1 saturated heterocycles. The molecule has 0 aromatic heterocycles. The van der Waals surface area contributed by atoms with E-state index in [2.05, 4.69) is 16.0 Å². The summed E-state index contributed by atoms with van der Waals surface area (Å²) < 4.78 is 25.3. The average molecular weight is 668 g/mol. The van der Waals surface area contributed by atoms with Gasteiger partial charge < -0.3 is 26.6 Å². The van der Waals surface area contributed by atoms with E-state index in [1.165, 1.54) is 4.90 Å². The van der Waals surface area contributed by atoms with E-state index in [9.17, 15) is 32.4 Å². The van der Waals surface area contributed by atoms with E-state index in [-0.39, 0.29) is 34.8 Å². The van der Waals surface area contributed by atoms with Crippen molar-refractivity contribution in [3.05, 3.63) is 0 Å². The van der Waals surface area contributed by atoms with E-state index in [0.29, 0.717) is 19.4 Å². The largest absolute Gasteiger partial charge is 0.363 e. The Balaban J connectivity index is 1.86. The van der Waals surface area contributed by atoms with Crippen molar-refractivity contribution in [2.24, 2.45) is 40.2 Å². The molecule has 3 fully saturated rings. The smallest absolute Gasteiger partial charge is 0.315 e. The number of urea groups is 1. The summed E-state index contributed by atoms with van der Waals surface area (Å²) in [5, 5.41) is 8.45. The minimum absolute atomic E-state index is 0.0484. The molecule has 262 valence electrons. The number of nitrogens with zero attached hydrogens (tertiary/aromatic N) is 1. The predicted octanol–water partition coefficient (Wildman–Crippen LogP) is 2.54. The SMILES string of the molecule is CC(C)C[C@@](C)(CS(=O)(=O)C(C)(C)C)NC(=O)N[C@H](C(=O)N1C[C@H]2[C@@H]([C@H]1C(=O)NC(CC1CC1)C(=O)C(N)=O)C2(C)C)C(C)(C)C. The summed E-state index contributed by atoms with van der Waals surface area (Å²) in [4.78, 5) is 67.6. The van der Waals surface area contributed by atoms with Crippen LogP contribution in [0, 0.1) is 34.5 Å². The van der Waals surface area contributed by atoms with Gasteiger partial charge in [0.25, 0.3) is 5.91 Å². The van der Waals surface area contributed by atoms with E-state index < -0.39 is 73.2 Å². The van der Waals surface area contributed by atoms with E-state index in [4.69, 9.17) is 5.73 Å². The topological polar surface area (TPSA) is 185 Å². The first kappa shape index (κ1) is 37.8. The van der Waals surface area contributed by atoms with Gasteiger partial charge in [-0.2, -0.15) is 0 Å². The lowest BCUT2D eigenvalue weighted by Gasteiger charge is -2.39. The number of primary amides is 1. The molecule has 1 heterocycles. The monoisotopic (exact) mass is 667 g/mol. The highest BCUT2D eigenvalue weighted by Gasteiger charge is 2.70. The first-order valence-corrected chi connectivity index (χ1v) is 18.1. The average Bonchev–Trinajstić information content (AvgIpc) is 3.70. The first-order chi connectivity index (χ1) is 20.7. The number of nitrogens with one attached hydrogen (secondary N) is 3. The molecule has 13 heteroatoms. The van der Waals surface area contributed by atoms with Gasteiger partial charge in [0.05, 0.1) is 22.1 Å². The molecule has 46 heavy (non-hydrogen) atoms. The number of nitrogens with two attached hydrogens (primary N) is 1. The quantitative estimate of drug-likeness (QED) is 0.218. The second kappa shape index (κ2) is 12.7. The van der Waals surface area contributed by atoms with E-state index in [1.807, 2.05) is 27.7 Å². The van der Waals surface area contributed by atoms with Gasteiger partial charge in [-0.15, -0.1) is 0 Å². The maximum Gasteiger partial charge on any atom is 0.315 e. The molecule has 5 amide bonds. The van der Waals surface area contributed by atoms with E-state index in [1.54, 1.807) is 48.5 Å². The second-order valence-corrected chi connectivity index (χ2v) is 20.0. The van der Waals surface area contributed by atoms with Crippen LogP contribution in [0.4, 0.5) is 4.79 Å². The molecule has 12 nitrogen and oxygen atoms in total. The Kier molecular flexibility index (Phi) is 10.4. The molecule has 3 aliphatic rings. The third-order valence-corrected chi connectivity index (χ3v) is 12.9. The number of amides is 5. The van der Waals surface area contributed by atoms with Crippen LogP contribution in [0.5, 0.6) is 0 Å². The van der Waals surface area contributed by atoms with Gasteiger partial charge in [0.2, 0.25) is 17.6 Å². The fourth-order valence-corrected chi connectivity index (χ4v) is 8.56. The minimum Gasteiger partial charge on any atom is -0.363 e. The van der Waals surface area contributed by atoms with Gasteiger partial charge in [0, 0.05) is 6.54 Å². The van der Waals surface area contributed by atoms with Gasteiger partial charge in [-0.05, 0) is 75.0 Å². The molecule has 1 unspecified atom stereocenters. The van der Waals surface area contributed by atoms with Crippen molar-refractivity contribution in [1.29, 1.82) is 0 Å². The molecule has 6 atom stereocenters. The summed E-state index contributed by atoms with van der Waals surface area (Å²) in [6.45, 7) is 20.3. The number of hydrogen-bond donors (Lipinski definition) is 4. The zero-order valence-corrected chi connectivity index (χ0v) is 30.4. The summed E-state index contributed by atoms with van der Waals surface area (Å²) in [5.41, 5.74) is 3.19. The van der Waals surface area contributed by atoms with Crippen LogP contribution in [0.15, 0.2) is 0 Å². The fourth-order valence-electron chi connectivity index (χ4n) is 7.10. The number of sulfone groups is 1. The van der Waals surface area contributed by atoms with Gasteiger partial charge in [-0.1, -0.05) is 61.3 Å². The number of likely N-dealkylation sites (tertiary alicyclic amines) is 1. The lowest BCUT2D eigenvalue weighted by Crippen LogP contribution is -2.63. The molecule has 5 N–H and O–H groups in total. The van der Waals surface area contributed by atoms with Crippen LogP contribution >= 0.6 is 0 Å². The van der Waals surface area contributed by atoms with Gasteiger partial charge in [0.15, 0.2) is 9.84 Å². The Hall–Kier alpha value is -2.70. The fraction of sp³-hybridized carbons (Fsp3) is 0.848. The summed E-state index contributed by atoms with van der Waals surface area (Å²) in [5.74, 6) is -3.01. The van der Waals surface area contributed by atoms with Crippen LogP contribution in [0.3, 0.4) is 0 Å². The number of fused-ring (bicyclic) bond motifs is 1. The van der Waals surface area contributed by atoms with Crippen molar-refractivity contribution < 1.29 is 32.4 Å². The van der Waals surface area contributed by atoms with Crippen molar-refractivity contribution in [3.8, 4) is 0 Å². The number of hydrogen-bond acceptors (Lipinski definition) is 7. The minimum atomic E-state index is -3.60. The van der Waals surface area contributed by atoms with Crippen molar-refractivity contribution in [3.63, 3.8) is 0 Å². The molecular weight excluding hydrogens is 610 g/mol. The third-order valence-electron chi connectivity index (χ3n) is 10.0. The molecule has 2 saturated carbocycles. The Bertz CT molecular complexity index is 1340. The van der Waals surface area contributed by atoms with Crippen LogP contribution in [0.1, 0.15) is 102 Å². The highest BCUT2D eigenvalue weighted by atomic mass is 32.2. The number of carbonyl (C=O) groups excluding carboxylic acids is 5. The van der Waals surface area contributed by atoms with E-state index in [0.717, 1.165) is 12.8 Å². The highest BCUT2D eigenvalue weighted by molar-refractivity contribution is 7.92. The summed E-state index contributed by atoms with van der Waals surface area (Å²) in [6, 6.07) is -3.68. The lowest BCUT2D eigenvalue weighted by atomic mass is 9.85. The van der Waals surface area contributed by atoms with Crippen LogP contribution < -0.4 is 21.7 Å². The number of ketones is 1. The molecular formula is C33H57N5O7S. The van der Waals surface area contributed by atoms with Crippen LogP contribution in [-0.2, 0) is 29.0 Å². The van der Waals surface area contributed by atoms with Crippen molar-refractivity contribution in [2.75, 3.05) is 12.3 Å². The number of carbonyl (C=O) groups is 5. The van der Waals surface area contributed by atoms with Crippen LogP contribution in [0.2, 0.25) is 0 Å². The maximum absolute atomic E-state index is 14.3. The van der Waals surface area contributed by atoms with Crippen molar-refractivity contribution in [2.45, 2.75) is 130 Å². The van der Waals surface area contributed by atoms with Crippen LogP contribution in [0.25, 0.3) is 0 Å². The third kappa shape index (κ3) is 8.41. The predicted molar refractivity (Wildman–Crippen MR) is 176 cm³/mol. The second-order valence-electron chi connectivity index (χ2n) is 17.3. The molecule has 0 bridgehead atoms. The molecule has 1 aliphatic heterocycles. The Labute approximate surface area is 275 Å².